The molecule has 0 fully saturated rings. The molecule has 0 aromatic carbocycles. The lowest BCUT2D eigenvalue weighted by atomic mass is 10.2. The molecule has 0 amide bonds. The van der Waals surface area contributed by atoms with E-state index in [1.165, 1.54) is 0 Å². The van der Waals surface area contributed by atoms with Crippen molar-refractivity contribution in [2.45, 2.75) is 32.4 Å². The number of hydrogen-bond acceptors (Lipinski definition) is 4. The zero-order valence-electron chi connectivity index (χ0n) is 13.5. The van der Waals surface area contributed by atoms with Crippen LogP contribution in [0.3, 0.4) is 0 Å². The third-order valence-corrected chi connectivity index (χ3v) is 6.53. The Morgan fingerprint density at radius 3 is 2.83 bits per heavy atom. The Morgan fingerprint density at radius 1 is 1.30 bits per heavy atom. The van der Waals surface area contributed by atoms with E-state index in [2.05, 4.69) is 29.6 Å². The second kappa shape index (κ2) is 6.73. The predicted molar refractivity (Wildman–Crippen MR) is 100.0 cm³/mol. The molecule has 0 unspecified atom stereocenters. The van der Waals surface area contributed by atoms with Crippen LogP contribution in [0.25, 0.3) is 21.6 Å². The fourth-order valence-electron chi connectivity index (χ4n) is 2.26. The van der Waals surface area contributed by atoms with Gasteiger partial charge in [0.05, 0.1) is 5.02 Å². The number of hydrogen-bond donors (Lipinski definition) is 0. The first-order valence-electron chi connectivity index (χ1n) is 7.57. The van der Waals surface area contributed by atoms with Crippen LogP contribution in [0.5, 0.6) is 0 Å². The van der Waals surface area contributed by atoms with Gasteiger partial charge in [-0.15, -0.1) is 11.3 Å². The molecule has 3 heterocycles. The quantitative estimate of drug-likeness (QED) is 0.449. The summed E-state index contributed by atoms with van der Waals surface area (Å²) in [6.07, 6.45) is 5.55. The predicted octanol–water partition coefficient (Wildman–Crippen LogP) is 5.13. The molecule has 3 rings (SSSR count). The Morgan fingerprint density at radius 2 is 2.13 bits per heavy atom. The number of nitrogens with zero attached hydrogens (tertiary/aromatic N) is 3. The summed E-state index contributed by atoms with van der Waals surface area (Å²) in [6, 6.07) is 3.15. The molecule has 0 radical (unpaired) electrons. The van der Waals surface area contributed by atoms with Crippen LogP contribution in [-0.4, -0.2) is 29.2 Å². The molecule has 0 saturated heterocycles. The SMILES string of the molecule is C[Si](C)(C)CCOCn1ccc2c(Cl)c(-c3nccs3)cnc21. The Labute approximate surface area is 146 Å². The van der Waals surface area contributed by atoms with Gasteiger partial charge in [-0.25, -0.2) is 9.97 Å². The third kappa shape index (κ3) is 3.83. The van der Waals surface area contributed by atoms with Crippen molar-refractivity contribution >= 4 is 42.0 Å². The van der Waals surface area contributed by atoms with Crippen LogP contribution < -0.4 is 0 Å². The van der Waals surface area contributed by atoms with Gasteiger partial charge in [0.15, 0.2) is 0 Å². The highest BCUT2D eigenvalue weighted by Crippen LogP contribution is 2.34. The number of halogens is 1. The summed E-state index contributed by atoms with van der Waals surface area (Å²) in [4.78, 5) is 8.87. The van der Waals surface area contributed by atoms with Gasteiger partial charge in [-0.1, -0.05) is 31.2 Å². The molecule has 0 atom stereocenters. The zero-order chi connectivity index (χ0) is 16.4. The molecule has 0 aliphatic rings. The second-order valence-electron chi connectivity index (χ2n) is 6.69. The summed E-state index contributed by atoms with van der Waals surface area (Å²) < 4.78 is 7.81. The number of aromatic nitrogens is 3. The molecule has 0 aliphatic heterocycles. The molecule has 0 aliphatic carbocycles. The van der Waals surface area contributed by atoms with Gasteiger partial charge >= 0.3 is 0 Å². The standard InChI is InChI=1S/C16H20ClN3OSSi/c1-23(2,3)9-7-21-11-20-6-4-12-14(17)13(10-19-15(12)20)16-18-5-8-22-16/h4-6,8,10H,7,9,11H2,1-3H3. The van der Waals surface area contributed by atoms with E-state index in [-0.39, 0.29) is 0 Å². The van der Waals surface area contributed by atoms with Crippen molar-refractivity contribution in [2.24, 2.45) is 0 Å². The number of ether oxygens (including phenoxy) is 1. The molecule has 3 aromatic heterocycles. The second-order valence-corrected chi connectivity index (χ2v) is 13.6. The van der Waals surface area contributed by atoms with Crippen molar-refractivity contribution in [3.63, 3.8) is 0 Å². The smallest absolute Gasteiger partial charge is 0.143 e. The molecule has 23 heavy (non-hydrogen) atoms. The fraction of sp³-hybridized carbons (Fsp3) is 0.375. The fourth-order valence-corrected chi connectivity index (χ4v) is 4.01. The van der Waals surface area contributed by atoms with E-state index in [1.54, 1.807) is 23.7 Å². The maximum Gasteiger partial charge on any atom is 0.143 e. The molecule has 0 spiro atoms. The van der Waals surface area contributed by atoms with Gasteiger partial charge in [0.2, 0.25) is 0 Å². The number of rotatable bonds is 6. The maximum atomic E-state index is 6.55. The van der Waals surface area contributed by atoms with Crippen LogP contribution >= 0.6 is 22.9 Å². The summed E-state index contributed by atoms with van der Waals surface area (Å²) in [7, 11) is -1.06. The monoisotopic (exact) mass is 365 g/mol. The van der Waals surface area contributed by atoms with Gasteiger partial charge in [0.25, 0.3) is 0 Å². The minimum absolute atomic E-state index is 0.508. The maximum absolute atomic E-state index is 6.55. The zero-order valence-corrected chi connectivity index (χ0v) is 16.1. The lowest BCUT2D eigenvalue weighted by Gasteiger charge is -2.15. The minimum atomic E-state index is -1.06. The summed E-state index contributed by atoms with van der Waals surface area (Å²) >= 11 is 8.11. The van der Waals surface area contributed by atoms with Crippen LogP contribution in [0.1, 0.15) is 0 Å². The molecular formula is C16H20ClN3OSSi. The van der Waals surface area contributed by atoms with E-state index in [4.69, 9.17) is 16.3 Å². The summed E-state index contributed by atoms with van der Waals surface area (Å²) in [5, 5.41) is 4.47. The third-order valence-electron chi connectivity index (χ3n) is 3.61. The first kappa shape index (κ1) is 16.6. The van der Waals surface area contributed by atoms with Gasteiger partial charge in [-0.2, -0.15) is 0 Å². The van der Waals surface area contributed by atoms with Crippen molar-refractivity contribution in [2.75, 3.05) is 6.61 Å². The Bertz CT molecular complexity index is 796. The van der Waals surface area contributed by atoms with Crippen molar-refractivity contribution < 1.29 is 4.74 Å². The van der Waals surface area contributed by atoms with Crippen molar-refractivity contribution in [3.8, 4) is 10.6 Å². The van der Waals surface area contributed by atoms with Crippen LogP contribution in [0.2, 0.25) is 30.7 Å². The molecule has 3 aromatic rings. The van der Waals surface area contributed by atoms with Gasteiger partial charge in [-0.3, -0.25) is 0 Å². The van der Waals surface area contributed by atoms with Gasteiger partial charge in [-0.05, 0) is 12.1 Å². The van der Waals surface area contributed by atoms with Crippen molar-refractivity contribution in [1.82, 2.24) is 14.5 Å². The lowest BCUT2D eigenvalue weighted by Crippen LogP contribution is -2.22. The van der Waals surface area contributed by atoms with E-state index in [9.17, 15) is 0 Å². The highest BCUT2D eigenvalue weighted by Gasteiger charge is 2.14. The van der Waals surface area contributed by atoms with E-state index in [0.29, 0.717) is 11.8 Å². The Kier molecular flexibility index (Phi) is 4.87. The van der Waals surface area contributed by atoms with E-state index < -0.39 is 8.07 Å². The largest absolute Gasteiger partial charge is 0.361 e. The lowest BCUT2D eigenvalue weighted by molar-refractivity contribution is 0.0899. The molecule has 0 bridgehead atoms. The molecular weight excluding hydrogens is 346 g/mol. The summed E-state index contributed by atoms with van der Waals surface area (Å²) in [6.45, 7) is 8.35. The number of pyridine rings is 1. The van der Waals surface area contributed by atoms with Crippen LogP contribution in [-0.2, 0) is 11.5 Å². The Balaban J connectivity index is 1.78. The van der Waals surface area contributed by atoms with E-state index in [1.807, 2.05) is 22.2 Å². The molecule has 4 nitrogen and oxygen atoms in total. The molecule has 0 N–H and O–H groups in total. The topological polar surface area (TPSA) is 39.9 Å². The molecule has 0 saturated carbocycles. The summed E-state index contributed by atoms with van der Waals surface area (Å²) in [5.41, 5.74) is 1.73. The normalized spacial score (nSPS) is 12.2. The molecule has 7 heteroatoms. The Hall–Kier alpha value is -1.21. The van der Waals surface area contributed by atoms with Gasteiger partial charge < -0.3 is 9.30 Å². The van der Waals surface area contributed by atoms with Crippen LogP contribution in [0.4, 0.5) is 0 Å². The first-order valence-corrected chi connectivity index (χ1v) is 12.5. The number of fused-ring (bicyclic) bond motifs is 1. The highest BCUT2D eigenvalue weighted by atomic mass is 35.5. The molecule has 122 valence electrons. The van der Waals surface area contributed by atoms with Crippen LogP contribution in [0, 0.1) is 0 Å². The number of thiazole rings is 1. The van der Waals surface area contributed by atoms with E-state index >= 15 is 0 Å². The van der Waals surface area contributed by atoms with Crippen molar-refractivity contribution in [3.05, 3.63) is 35.1 Å². The average molecular weight is 366 g/mol. The van der Waals surface area contributed by atoms with Gasteiger partial charge in [0, 0.05) is 49.6 Å². The average Bonchev–Trinajstić information content (AvgIpc) is 3.13. The highest BCUT2D eigenvalue weighted by molar-refractivity contribution is 7.13. The first-order chi connectivity index (χ1) is 11.0. The van der Waals surface area contributed by atoms with Gasteiger partial charge in [0.1, 0.15) is 17.4 Å². The minimum Gasteiger partial charge on any atom is -0.361 e. The van der Waals surface area contributed by atoms with Crippen molar-refractivity contribution in [1.29, 1.82) is 0 Å². The summed E-state index contributed by atoms with van der Waals surface area (Å²) in [5.74, 6) is 0. The van der Waals surface area contributed by atoms with E-state index in [0.717, 1.165) is 34.3 Å². The van der Waals surface area contributed by atoms with Crippen LogP contribution in [0.15, 0.2) is 30.0 Å².